The van der Waals surface area contributed by atoms with Gasteiger partial charge in [-0.3, -0.25) is 9.59 Å². The van der Waals surface area contributed by atoms with Crippen LogP contribution in [0, 0.1) is 6.92 Å². The van der Waals surface area contributed by atoms with E-state index in [1.807, 2.05) is 36.1 Å². The van der Waals surface area contributed by atoms with E-state index < -0.39 is 0 Å². The number of nitrogens with zero attached hydrogens (tertiary/aromatic N) is 2. The van der Waals surface area contributed by atoms with E-state index in [1.54, 1.807) is 13.0 Å². The maximum Gasteiger partial charge on any atom is 0.354 e. The molecule has 0 aliphatic carbocycles. The molecule has 1 fully saturated rings. The minimum absolute atomic E-state index is 0.0731. The van der Waals surface area contributed by atoms with Crippen LogP contribution in [0.4, 0.5) is 0 Å². The van der Waals surface area contributed by atoms with Crippen molar-refractivity contribution >= 4 is 18.3 Å². The van der Waals surface area contributed by atoms with Crippen molar-refractivity contribution < 1.29 is 24.2 Å². The summed E-state index contributed by atoms with van der Waals surface area (Å²) in [7, 11) is 4.11. The Bertz CT molecular complexity index is 873. The standard InChI is InChI=1S/C21H27N3O3.CH2O2/c1-5-27-21(26)19-12-18(14(2)22-19)15-6-8-16(9-7-15)20(25)24-11-10-17(13-24)23(3)4;2-1-3/h6-9,12,17,22H,5,10-11,13H2,1-4H3;1H,(H,2,3). The van der Waals surface area contributed by atoms with Gasteiger partial charge in [-0.1, -0.05) is 12.1 Å². The number of H-pyrrole nitrogens is 1. The summed E-state index contributed by atoms with van der Waals surface area (Å²) in [5.74, 6) is -0.285. The molecule has 1 saturated heterocycles. The Morgan fingerprint density at radius 1 is 1.30 bits per heavy atom. The average Bonchev–Trinajstić information content (AvgIpc) is 3.36. The van der Waals surface area contributed by atoms with Crippen molar-refractivity contribution in [2.24, 2.45) is 0 Å². The molecule has 8 nitrogen and oxygen atoms in total. The summed E-state index contributed by atoms with van der Waals surface area (Å²) in [6.45, 7) is 5.36. The second-order valence-corrected chi connectivity index (χ2v) is 7.28. The van der Waals surface area contributed by atoms with Gasteiger partial charge in [0.15, 0.2) is 0 Å². The topological polar surface area (TPSA) is 103 Å². The van der Waals surface area contributed by atoms with Crippen molar-refractivity contribution in [2.75, 3.05) is 33.8 Å². The molecule has 0 saturated carbocycles. The molecule has 1 unspecified atom stereocenters. The maximum atomic E-state index is 12.7. The fraction of sp³-hybridized carbons (Fsp3) is 0.409. The molecule has 2 aromatic rings. The predicted molar refractivity (Wildman–Crippen MR) is 114 cm³/mol. The lowest BCUT2D eigenvalue weighted by Crippen LogP contribution is -2.34. The van der Waals surface area contributed by atoms with Gasteiger partial charge in [-0.25, -0.2) is 4.79 Å². The zero-order valence-corrected chi connectivity index (χ0v) is 17.8. The number of benzene rings is 1. The number of aryl methyl sites for hydroxylation is 1. The summed E-state index contributed by atoms with van der Waals surface area (Å²) >= 11 is 0. The molecule has 1 aromatic heterocycles. The lowest BCUT2D eigenvalue weighted by molar-refractivity contribution is -0.122. The molecular weight excluding hydrogens is 386 g/mol. The van der Waals surface area contributed by atoms with Crippen LogP contribution in [0.25, 0.3) is 11.1 Å². The van der Waals surface area contributed by atoms with E-state index in [2.05, 4.69) is 24.0 Å². The number of amides is 1. The summed E-state index contributed by atoms with van der Waals surface area (Å²) < 4.78 is 5.04. The number of carbonyl (C=O) groups excluding carboxylic acids is 2. The van der Waals surface area contributed by atoms with Crippen LogP contribution in [-0.2, 0) is 9.53 Å². The summed E-state index contributed by atoms with van der Waals surface area (Å²) in [4.78, 5) is 40.2. The van der Waals surface area contributed by atoms with Crippen LogP contribution in [0.1, 0.15) is 39.9 Å². The zero-order chi connectivity index (χ0) is 22.3. The van der Waals surface area contributed by atoms with Crippen LogP contribution in [0.15, 0.2) is 30.3 Å². The van der Waals surface area contributed by atoms with Crippen LogP contribution < -0.4 is 0 Å². The molecule has 1 atom stereocenters. The summed E-state index contributed by atoms with van der Waals surface area (Å²) in [5, 5.41) is 6.89. The van der Waals surface area contributed by atoms with Gasteiger partial charge in [0.2, 0.25) is 0 Å². The molecule has 1 aliphatic rings. The van der Waals surface area contributed by atoms with Gasteiger partial charge in [0.1, 0.15) is 5.69 Å². The Morgan fingerprint density at radius 2 is 1.93 bits per heavy atom. The summed E-state index contributed by atoms with van der Waals surface area (Å²) in [5.41, 5.74) is 3.92. The van der Waals surface area contributed by atoms with Crippen molar-refractivity contribution in [2.45, 2.75) is 26.3 Å². The summed E-state index contributed by atoms with van der Waals surface area (Å²) in [6.07, 6.45) is 1.01. The first-order chi connectivity index (χ1) is 14.3. The molecule has 2 heterocycles. The lowest BCUT2D eigenvalue weighted by Gasteiger charge is -2.20. The SMILES string of the molecule is CCOC(=O)c1cc(-c2ccc(C(=O)N3CCC(N(C)C)C3)cc2)c(C)[nH]1.O=CO. The number of rotatable bonds is 5. The number of carboxylic acid groups (broad SMARTS) is 1. The van der Waals surface area contributed by atoms with Crippen LogP contribution in [0.5, 0.6) is 0 Å². The Balaban J connectivity index is 0.00000101. The highest BCUT2D eigenvalue weighted by molar-refractivity contribution is 5.95. The minimum Gasteiger partial charge on any atom is -0.483 e. The number of hydrogen-bond donors (Lipinski definition) is 2. The van der Waals surface area contributed by atoms with Gasteiger partial charge in [-0.05, 0) is 58.1 Å². The fourth-order valence-corrected chi connectivity index (χ4v) is 3.50. The monoisotopic (exact) mass is 415 g/mol. The van der Waals surface area contributed by atoms with E-state index in [9.17, 15) is 9.59 Å². The van der Waals surface area contributed by atoms with Crippen LogP contribution >= 0.6 is 0 Å². The molecule has 0 bridgehead atoms. The first-order valence-electron chi connectivity index (χ1n) is 9.83. The van der Waals surface area contributed by atoms with E-state index in [0.29, 0.717) is 23.9 Å². The van der Waals surface area contributed by atoms with Gasteiger partial charge in [-0.2, -0.15) is 0 Å². The first kappa shape index (κ1) is 23.2. The highest BCUT2D eigenvalue weighted by Crippen LogP contribution is 2.26. The van der Waals surface area contributed by atoms with E-state index in [1.165, 1.54) is 0 Å². The number of likely N-dealkylation sites (N-methyl/N-ethyl adjacent to an activating group) is 1. The van der Waals surface area contributed by atoms with E-state index in [-0.39, 0.29) is 18.3 Å². The molecule has 162 valence electrons. The maximum absolute atomic E-state index is 12.7. The highest BCUT2D eigenvalue weighted by Gasteiger charge is 2.28. The Labute approximate surface area is 176 Å². The lowest BCUT2D eigenvalue weighted by atomic mass is 10.0. The molecule has 3 rings (SSSR count). The van der Waals surface area contributed by atoms with Crippen molar-refractivity contribution in [1.29, 1.82) is 0 Å². The number of esters is 1. The molecule has 8 heteroatoms. The Hall–Kier alpha value is -3.13. The van der Waals surface area contributed by atoms with Gasteiger partial charge in [-0.15, -0.1) is 0 Å². The van der Waals surface area contributed by atoms with Gasteiger partial charge >= 0.3 is 5.97 Å². The van der Waals surface area contributed by atoms with Crippen LogP contribution in [0.3, 0.4) is 0 Å². The molecular formula is C22H29N3O5. The van der Waals surface area contributed by atoms with E-state index in [0.717, 1.165) is 36.3 Å². The van der Waals surface area contributed by atoms with Gasteiger partial charge in [0.25, 0.3) is 12.4 Å². The minimum atomic E-state index is -0.358. The molecule has 1 amide bonds. The molecule has 2 N–H and O–H groups in total. The smallest absolute Gasteiger partial charge is 0.354 e. The zero-order valence-electron chi connectivity index (χ0n) is 17.8. The average molecular weight is 415 g/mol. The van der Waals surface area contributed by atoms with Gasteiger partial charge in [0.05, 0.1) is 6.61 Å². The number of hydrogen-bond acceptors (Lipinski definition) is 5. The third kappa shape index (κ3) is 5.48. The van der Waals surface area contributed by atoms with Crippen molar-refractivity contribution in [3.05, 3.63) is 47.3 Å². The van der Waals surface area contributed by atoms with Crippen molar-refractivity contribution in [3.63, 3.8) is 0 Å². The fourth-order valence-electron chi connectivity index (χ4n) is 3.50. The third-order valence-corrected chi connectivity index (χ3v) is 5.13. The van der Waals surface area contributed by atoms with Crippen LogP contribution in [0.2, 0.25) is 0 Å². The number of likely N-dealkylation sites (tertiary alicyclic amines) is 1. The summed E-state index contributed by atoms with van der Waals surface area (Å²) in [6, 6.07) is 9.80. The molecule has 0 spiro atoms. The van der Waals surface area contributed by atoms with Gasteiger partial charge in [0, 0.05) is 36.0 Å². The number of carbonyl (C=O) groups is 3. The molecule has 1 aromatic carbocycles. The predicted octanol–water partition coefficient (Wildman–Crippen LogP) is 2.64. The van der Waals surface area contributed by atoms with E-state index >= 15 is 0 Å². The Kier molecular flexibility index (Phi) is 8.17. The second kappa shape index (κ2) is 10.6. The normalized spacial score (nSPS) is 15.5. The number of aromatic nitrogens is 1. The van der Waals surface area contributed by atoms with Crippen molar-refractivity contribution in [1.82, 2.24) is 14.8 Å². The molecule has 0 radical (unpaired) electrons. The third-order valence-electron chi connectivity index (χ3n) is 5.13. The molecule has 30 heavy (non-hydrogen) atoms. The van der Waals surface area contributed by atoms with Crippen molar-refractivity contribution in [3.8, 4) is 11.1 Å². The number of nitrogens with one attached hydrogen (secondary N) is 1. The number of aromatic amines is 1. The van der Waals surface area contributed by atoms with Crippen LogP contribution in [-0.4, -0.2) is 78.1 Å². The Morgan fingerprint density at radius 3 is 2.47 bits per heavy atom. The highest BCUT2D eigenvalue weighted by atomic mass is 16.5. The first-order valence-corrected chi connectivity index (χ1v) is 9.83. The van der Waals surface area contributed by atoms with Gasteiger partial charge < -0.3 is 24.6 Å². The quantitative estimate of drug-likeness (QED) is 0.575. The van der Waals surface area contributed by atoms with E-state index in [4.69, 9.17) is 14.6 Å². The molecule has 1 aliphatic heterocycles. The second-order valence-electron chi connectivity index (χ2n) is 7.28. The largest absolute Gasteiger partial charge is 0.483 e. The number of ether oxygens (including phenoxy) is 1.